The topological polar surface area (TPSA) is 51.5 Å². The van der Waals surface area contributed by atoms with Gasteiger partial charge in [-0.2, -0.15) is 13.2 Å². The van der Waals surface area contributed by atoms with Gasteiger partial charge in [-0.1, -0.05) is 46.3 Å². The maximum atomic E-state index is 13.5. The number of carbonyl (C=O) groups is 1. The highest BCUT2D eigenvalue weighted by Gasteiger charge is 2.32. The van der Waals surface area contributed by atoms with Crippen molar-refractivity contribution in [2.45, 2.75) is 19.7 Å². The Hall–Kier alpha value is -3.52. The largest absolute Gasteiger partial charge is 0.488 e. The molecule has 0 unspecified atom stereocenters. The van der Waals surface area contributed by atoms with Crippen LogP contribution in [-0.4, -0.2) is 15.6 Å². The molecule has 1 N–H and O–H groups in total. The highest BCUT2D eigenvalue weighted by atomic mass is 79.9. The van der Waals surface area contributed by atoms with Crippen molar-refractivity contribution in [2.75, 3.05) is 0 Å². The molecule has 8 heteroatoms. The maximum Gasteiger partial charge on any atom is 0.416 e. The minimum Gasteiger partial charge on any atom is -0.488 e. The number of carboxylic acid groups (broad SMARTS) is 1. The van der Waals surface area contributed by atoms with Crippen molar-refractivity contribution in [3.8, 4) is 22.7 Å². The molecule has 4 aromatic rings. The summed E-state index contributed by atoms with van der Waals surface area (Å²) in [7, 11) is 0. The van der Waals surface area contributed by atoms with Gasteiger partial charge in [0.15, 0.2) is 0 Å². The van der Waals surface area contributed by atoms with Crippen molar-refractivity contribution in [1.29, 1.82) is 0 Å². The summed E-state index contributed by atoms with van der Waals surface area (Å²) in [4.78, 5) is 11.6. The van der Waals surface area contributed by atoms with E-state index in [0.717, 1.165) is 16.1 Å². The summed E-state index contributed by atoms with van der Waals surface area (Å²) >= 11 is 3.45. The van der Waals surface area contributed by atoms with Crippen molar-refractivity contribution in [2.24, 2.45) is 0 Å². The molecule has 0 saturated heterocycles. The minimum atomic E-state index is -4.69. The SMILES string of the molecule is Cc1ccc(-c2cc(Br)ccc2OCc2ccccc2)n1-c1cc(C(=O)O)cc(C(F)(F)F)c1. The van der Waals surface area contributed by atoms with Crippen LogP contribution in [0.5, 0.6) is 5.75 Å². The Morgan fingerprint density at radius 1 is 1.00 bits per heavy atom. The van der Waals surface area contributed by atoms with E-state index in [1.165, 1.54) is 6.07 Å². The second-order valence-corrected chi connectivity index (χ2v) is 8.60. The van der Waals surface area contributed by atoms with E-state index in [9.17, 15) is 23.1 Å². The van der Waals surface area contributed by atoms with Crippen molar-refractivity contribution < 1.29 is 27.8 Å². The van der Waals surface area contributed by atoms with Crippen LogP contribution in [0, 0.1) is 6.92 Å². The summed E-state index contributed by atoms with van der Waals surface area (Å²) in [6, 6.07) is 21.4. The summed E-state index contributed by atoms with van der Waals surface area (Å²) in [5.41, 5.74) is 1.44. The van der Waals surface area contributed by atoms with Gasteiger partial charge in [0.25, 0.3) is 0 Å². The van der Waals surface area contributed by atoms with Crippen LogP contribution in [0.3, 0.4) is 0 Å². The molecule has 0 bridgehead atoms. The number of benzene rings is 3. The number of carboxylic acids is 1. The van der Waals surface area contributed by atoms with Crippen LogP contribution in [0.4, 0.5) is 13.2 Å². The van der Waals surface area contributed by atoms with Gasteiger partial charge in [0.1, 0.15) is 12.4 Å². The first-order valence-corrected chi connectivity index (χ1v) is 11.0. The van der Waals surface area contributed by atoms with E-state index in [4.69, 9.17) is 4.74 Å². The molecule has 4 nitrogen and oxygen atoms in total. The Bertz CT molecular complexity index is 1350. The summed E-state index contributed by atoms with van der Waals surface area (Å²) in [5, 5.41) is 9.41. The molecule has 0 fully saturated rings. The van der Waals surface area contributed by atoms with Gasteiger partial charge in [-0.3, -0.25) is 0 Å². The van der Waals surface area contributed by atoms with Gasteiger partial charge >= 0.3 is 12.1 Å². The van der Waals surface area contributed by atoms with Crippen molar-refractivity contribution in [3.05, 3.63) is 106 Å². The number of alkyl halides is 3. The number of aryl methyl sites for hydroxylation is 1. The molecule has 0 aliphatic carbocycles. The predicted molar refractivity (Wildman–Crippen MR) is 126 cm³/mol. The highest BCUT2D eigenvalue weighted by Crippen LogP contribution is 2.38. The second kappa shape index (κ2) is 9.38. The van der Waals surface area contributed by atoms with Crippen LogP contribution in [0.25, 0.3) is 16.9 Å². The van der Waals surface area contributed by atoms with E-state index < -0.39 is 23.3 Å². The van der Waals surface area contributed by atoms with E-state index in [-0.39, 0.29) is 5.69 Å². The molecule has 0 radical (unpaired) electrons. The molecule has 0 atom stereocenters. The van der Waals surface area contributed by atoms with Crippen molar-refractivity contribution in [3.63, 3.8) is 0 Å². The molecule has 4 rings (SSSR count). The lowest BCUT2D eigenvalue weighted by Gasteiger charge is -2.18. The number of aromatic nitrogens is 1. The van der Waals surface area contributed by atoms with Crippen LogP contribution < -0.4 is 4.74 Å². The fraction of sp³-hybridized carbons (Fsp3) is 0.115. The monoisotopic (exact) mass is 529 g/mol. The smallest absolute Gasteiger partial charge is 0.416 e. The molecule has 1 heterocycles. The lowest BCUT2D eigenvalue weighted by Crippen LogP contribution is -2.10. The van der Waals surface area contributed by atoms with Gasteiger partial charge in [0.2, 0.25) is 0 Å². The number of ether oxygens (including phenoxy) is 1. The third kappa shape index (κ3) is 5.02. The summed E-state index contributed by atoms with van der Waals surface area (Å²) in [6.07, 6.45) is -4.69. The van der Waals surface area contributed by atoms with E-state index >= 15 is 0 Å². The molecule has 34 heavy (non-hydrogen) atoms. The standard InChI is InChI=1S/C26H19BrF3NO3/c1-16-7-9-23(31(16)21-12-18(25(32)33)11-19(13-21)26(28,29)30)22-14-20(27)8-10-24(22)34-15-17-5-3-2-4-6-17/h2-14H,15H2,1H3,(H,32,33). The fourth-order valence-corrected chi connectivity index (χ4v) is 4.04. The molecule has 0 aliphatic rings. The predicted octanol–water partition coefficient (Wildman–Crippen LogP) is 7.51. The first-order valence-electron chi connectivity index (χ1n) is 10.2. The first-order chi connectivity index (χ1) is 16.1. The summed E-state index contributed by atoms with van der Waals surface area (Å²) < 4.78 is 49.0. The average Bonchev–Trinajstić information content (AvgIpc) is 3.19. The average molecular weight is 530 g/mol. The third-order valence-corrected chi connectivity index (χ3v) is 5.77. The number of rotatable bonds is 6. The van der Waals surface area contributed by atoms with Gasteiger partial charge in [0, 0.05) is 21.4 Å². The number of aromatic carboxylic acids is 1. The van der Waals surface area contributed by atoms with Crippen molar-refractivity contribution >= 4 is 21.9 Å². The van der Waals surface area contributed by atoms with Crippen LogP contribution in [0.2, 0.25) is 0 Å². The molecule has 0 amide bonds. The van der Waals surface area contributed by atoms with E-state index in [1.54, 1.807) is 29.7 Å². The second-order valence-electron chi connectivity index (χ2n) is 7.68. The number of halogens is 4. The molecule has 1 aromatic heterocycles. The van der Waals surface area contributed by atoms with Crippen LogP contribution in [-0.2, 0) is 12.8 Å². The number of hydrogen-bond donors (Lipinski definition) is 1. The zero-order valence-corrected chi connectivity index (χ0v) is 19.5. The Morgan fingerprint density at radius 3 is 2.41 bits per heavy atom. The van der Waals surface area contributed by atoms with Crippen LogP contribution in [0.1, 0.15) is 27.2 Å². The Kier molecular flexibility index (Phi) is 6.52. The van der Waals surface area contributed by atoms with Crippen LogP contribution in [0.15, 0.2) is 83.3 Å². The van der Waals surface area contributed by atoms with Gasteiger partial charge in [-0.15, -0.1) is 0 Å². The first kappa shape index (κ1) is 23.6. The zero-order valence-electron chi connectivity index (χ0n) is 17.9. The third-order valence-electron chi connectivity index (χ3n) is 5.28. The van der Waals surface area contributed by atoms with E-state index in [0.29, 0.717) is 35.4 Å². The van der Waals surface area contributed by atoms with E-state index in [2.05, 4.69) is 15.9 Å². The minimum absolute atomic E-state index is 0.0960. The fourth-order valence-electron chi connectivity index (χ4n) is 3.68. The van der Waals surface area contributed by atoms with Crippen LogP contribution >= 0.6 is 15.9 Å². The lowest BCUT2D eigenvalue weighted by atomic mass is 10.1. The molecular formula is C26H19BrF3NO3. The number of nitrogens with zero attached hydrogens (tertiary/aromatic N) is 1. The molecule has 0 spiro atoms. The molecule has 174 valence electrons. The van der Waals surface area contributed by atoms with Gasteiger partial charge in [-0.25, -0.2) is 4.79 Å². The van der Waals surface area contributed by atoms with Gasteiger partial charge in [-0.05, 0) is 61.0 Å². The molecule has 0 saturated carbocycles. The number of hydrogen-bond acceptors (Lipinski definition) is 2. The molecule has 3 aromatic carbocycles. The maximum absolute atomic E-state index is 13.5. The lowest BCUT2D eigenvalue weighted by molar-refractivity contribution is -0.137. The van der Waals surface area contributed by atoms with Gasteiger partial charge in [0.05, 0.1) is 16.8 Å². The van der Waals surface area contributed by atoms with Gasteiger partial charge < -0.3 is 14.4 Å². The summed E-state index contributed by atoms with van der Waals surface area (Å²) in [6.45, 7) is 2.05. The Labute approximate surface area is 202 Å². The normalized spacial score (nSPS) is 11.4. The zero-order chi connectivity index (χ0) is 24.5. The Morgan fingerprint density at radius 2 is 1.74 bits per heavy atom. The highest BCUT2D eigenvalue weighted by molar-refractivity contribution is 9.10. The van der Waals surface area contributed by atoms with E-state index in [1.807, 2.05) is 42.5 Å². The summed E-state index contributed by atoms with van der Waals surface area (Å²) in [5.74, 6) is -0.898. The Balaban J connectivity index is 1.84. The molecular weight excluding hydrogens is 511 g/mol. The molecule has 0 aliphatic heterocycles. The van der Waals surface area contributed by atoms with Crippen molar-refractivity contribution in [1.82, 2.24) is 4.57 Å². The quantitative estimate of drug-likeness (QED) is 0.281.